The van der Waals surface area contributed by atoms with Crippen LogP contribution >= 0.6 is 11.6 Å². The number of aromatic amines is 1. The molecule has 0 radical (unpaired) electrons. The Morgan fingerprint density at radius 3 is 2.75 bits per heavy atom. The molecule has 1 aromatic heterocycles. The number of ether oxygens (including phenoxy) is 1. The van der Waals surface area contributed by atoms with E-state index >= 15 is 0 Å². The molecule has 0 spiro atoms. The van der Waals surface area contributed by atoms with Gasteiger partial charge >= 0.3 is 0 Å². The van der Waals surface area contributed by atoms with Crippen molar-refractivity contribution in [3.8, 4) is 0 Å². The minimum atomic E-state index is 0.0327. The van der Waals surface area contributed by atoms with Crippen molar-refractivity contribution in [2.24, 2.45) is 5.92 Å². The Kier molecular flexibility index (Phi) is 4.18. The van der Waals surface area contributed by atoms with Gasteiger partial charge in [-0.1, -0.05) is 19.3 Å². The van der Waals surface area contributed by atoms with Gasteiger partial charge in [-0.15, -0.1) is 5.10 Å². The number of H-pyrrole nitrogens is 1. The summed E-state index contributed by atoms with van der Waals surface area (Å²) in [6.07, 6.45) is 6.37. The van der Waals surface area contributed by atoms with Crippen LogP contribution in [-0.2, 0) is 4.74 Å². The molecule has 0 aliphatic heterocycles. The third-order valence-electron chi connectivity index (χ3n) is 3.17. The van der Waals surface area contributed by atoms with E-state index in [4.69, 9.17) is 16.3 Å². The molecule has 5 heteroatoms. The van der Waals surface area contributed by atoms with Crippen LogP contribution in [0.25, 0.3) is 0 Å². The maximum atomic E-state index is 5.79. The zero-order valence-electron chi connectivity index (χ0n) is 9.58. The van der Waals surface area contributed by atoms with Gasteiger partial charge in [0.15, 0.2) is 5.82 Å². The Bertz CT molecular complexity index is 323. The van der Waals surface area contributed by atoms with Crippen molar-refractivity contribution >= 4 is 11.6 Å². The summed E-state index contributed by atoms with van der Waals surface area (Å²) in [5.74, 6) is 1.33. The topological polar surface area (TPSA) is 50.8 Å². The van der Waals surface area contributed by atoms with Crippen LogP contribution < -0.4 is 0 Å². The van der Waals surface area contributed by atoms with Crippen molar-refractivity contribution in [2.45, 2.75) is 45.1 Å². The van der Waals surface area contributed by atoms with Crippen molar-refractivity contribution in [3.63, 3.8) is 0 Å². The average Bonchev–Trinajstić information content (AvgIpc) is 2.74. The van der Waals surface area contributed by atoms with E-state index in [1.807, 2.05) is 6.92 Å². The van der Waals surface area contributed by atoms with E-state index < -0.39 is 0 Å². The van der Waals surface area contributed by atoms with E-state index in [1.165, 1.54) is 32.1 Å². The average molecular weight is 244 g/mol. The van der Waals surface area contributed by atoms with Gasteiger partial charge in [0.05, 0.1) is 0 Å². The predicted octanol–water partition coefficient (Wildman–Crippen LogP) is 3.12. The molecule has 1 heterocycles. The van der Waals surface area contributed by atoms with E-state index in [0.717, 1.165) is 5.82 Å². The van der Waals surface area contributed by atoms with Crippen molar-refractivity contribution in [3.05, 3.63) is 11.1 Å². The van der Waals surface area contributed by atoms with Crippen LogP contribution in [0, 0.1) is 5.92 Å². The van der Waals surface area contributed by atoms with Gasteiger partial charge < -0.3 is 4.74 Å². The third-order valence-corrected chi connectivity index (χ3v) is 3.34. The molecule has 16 heavy (non-hydrogen) atoms. The largest absolute Gasteiger partial charge is 0.370 e. The van der Waals surface area contributed by atoms with Gasteiger partial charge in [-0.2, -0.15) is 4.98 Å². The smallest absolute Gasteiger partial charge is 0.242 e. The molecule has 90 valence electrons. The molecule has 1 aliphatic rings. The maximum absolute atomic E-state index is 5.79. The number of rotatable bonds is 4. The van der Waals surface area contributed by atoms with Crippen molar-refractivity contribution < 1.29 is 4.74 Å². The summed E-state index contributed by atoms with van der Waals surface area (Å²) in [5.41, 5.74) is 0. The summed E-state index contributed by atoms with van der Waals surface area (Å²) in [6.45, 7) is 2.70. The van der Waals surface area contributed by atoms with Crippen LogP contribution in [0.5, 0.6) is 0 Å². The highest BCUT2D eigenvalue weighted by atomic mass is 35.5. The molecule has 0 aromatic carbocycles. The Morgan fingerprint density at radius 2 is 2.19 bits per heavy atom. The van der Waals surface area contributed by atoms with Gasteiger partial charge in [0.2, 0.25) is 5.28 Å². The first-order chi connectivity index (χ1) is 7.81. The van der Waals surface area contributed by atoms with E-state index in [0.29, 0.717) is 12.5 Å². The van der Waals surface area contributed by atoms with E-state index in [9.17, 15) is 0 Å². The standard InChI is InChI=1S/C11H18ClN3O/c1-2-16-9(8-6-4-3-5-7-8)10-13-11(12)15-14-10/h8-9H,2-7H2,1H3,(H,13,14,15). The van der Waals surface area contributed by atoms with Gasteiger partial charge in [-0.3, -0.25) is 5.10 Å². The van der Waals surface area contributed by atoms with E-state index in [-0.39, 0.29) is 11.4 Å². The fraction of sp³-hybridized carbons (Fsp3) is 0.818. The third kappa shape index (κ3) is 2.74. The number of aromatic nitrogens is 3. The predicted molar refractivity (Wildman–Crippen MR) is 62.3 cm³/mol. The first kappa shape index (κ1) is 11.9. The zero-order valence-corrected chi connectivity index (χ0v) is 10.3. The first-order valence-corrected chi connectivity index (χ1v) is 6.38. The van der Waals surface area contributed by atoms with Crippen LogP contribution in [0.1, 0.15) is 51.0 Å². The fourth-order valence-electron chi connectivity index (χ4n) is 2.43. The number of hydrogen-bond donors (Lipinski definition) is 1. The molecule has 0 amide bonds. The number of hydrogen-bond acceptors (Lipinski definition) is 3. The molecule has 4 nitrogen and oxygen atoms in total. The van der Waals surface area contributed by atoms with Crippen molar-refractivity contribution in [2.75, 3.05) is 6.61 Å². The maximum Gasteiger partial charge on any atom is 0.242 e. The highest BCUT2D eigenvalue weighted by Crippen LogP contribution is 2.35. The summed E-state index contributed by atoms with van der Waals surface area (Å²) in [6, 6.07) is 0. The van der Waals surface area contributed by atoms with E-state index in [1.54, 1.807) is 0 Å². The molecule has 1 atom stereocenters. The second-order valence-corrected chi connectivity index (χ2v) is 4.60. The summed E-state index contributed by atoms with van der Waals surface area (Å²) < 4.78 is 5.79. The SMILES string of the molecule is CCOC(c1nc(Cl)n[nH]1)C1CCCCC1. The normalized spacial score (nSPS) is 19.9. The van der Waals surface area contributed by atoms with Crippen LogP contribution in [0.4, 0.5) is 0 Å². The van der Waals surface area contributed by atoms with Gasteiger partial charge in [-0.05, 0) is 37.3 Å². The lowest BCUT2D eigenvalue weighted by Crippen LogP contribution is -2.20. The molecular weight excluding hydrogens is 226 g/mol. The Hall–Kier alpha value is -0.610. The molecule has 1 N–H and O–H groups in total. The van der Waals surface area contributed by atoms with Gasteiger partial charge in [0.1, 0.15) is 6.10 Å². The lowest BCUT2D eigenvalue weighted by Gasteiger charge is -2.28. The highest BCUT2D eigenvalue weighted by Gasteiger charge is 2.28. The molecule has 0 saturated heterocycles. The minimum Gasteiger partial charge on any atom is -0.370 e. The quantitative estimate of drug-likeness (QED) is 0.884. The molecule has 1 saturated carbocycles. The molecule has 0 bridgehead atoms. The molecule has 2 rings (SSSR count). The summed E-state index contributed by atoms with van der Waals surface area (Å²) >= 11 is 5.73. The van der Waals surface area contributed by atoms with E-state index in [2.05, 4.69) is 15.2 Å². The fourth-order valence-corrected chi connectivity index (χ4v) is 2.57. The highest BCUT2D eigenvalue weighted by molar-refractivity contribution is 6.28. The summed E-state index contributed by atoms with van der Waals surface area (Å²) in [5, 5.41) is 7.01. The van der Waals surface area contributed by atoms with Crippen LogP contribution in [0.15, 0.2) is 0 Å². The Balaban J connectivity index is 2.09. The zero-order chi connectivity index (χ0) is 11.4. The first-order valence-electron chi connectivity index (χ1n) is 6.00. The number of nitrogens with one attached hydrogen (secondary N) is 1. The molecule has 1 fully saturated rings. The van der Waals surface area contributed by atoms with Crippen LogP contribution in [-0.4, -0.2) is 21.8 Å². The van der Waals surface area contributed by atoms with Crippen LogP contribution in [0.3, 0.4) is 0 Å². The number of nitrogens with zero attached hydrogens (tertiary/aromatic N) is 2. The minimum absolute atomic E-state index is 0.0327. The van der Waals surface area contributed by atoms with Gasteiger partial charge in [-0.25, -0.2) is 0 Å². The molecule has 1 aliphatic carbocycles. The lowest BCUT2D eigenvalue weighted by atomic mass is 9.85. The molecule has 1 unspecified atom stereocenters. The Labute approximate surface area is 101 Å². The monoisotopic (exact) mass is 243 g/mol. The van der Waals surface area contributed by atoms with Crippen LogP contribution in [0.2, 0.25) is 5.28 Å². The summed E-state index contributed by atoms with van der Waals surface area (Å²) in [4.78, 5) is 4.18. The van der Waals surface area contributed by atoms with Crippen molar-refractivity contribution in [1.82, 2.24) is 15.2 Å². The Morgan fingerprint density at radius 1 is 1.44 bits per heavy atom. The second-order valence-electron chi connectivity index (χ2n) is 4.26. The number of halogens is 1. The lowest BCUT2D eigenvalue weighted by molar-refractivity contribution is 0.0000576. The van der Waals surface area contributed by atoms with Gasteiger partial charge in [0, 0.05) is 6.61 Å². The second kappa shape index (κ2) is 5.64. The van der Waals surface area contributed by atoms with Gasteiger partial charge in [0.25, 0.3) is 0 Å². The summed E-state index contributed by atoms with van der Waals surface area (Å²) in [7, 11) is 0. The van der Waals surface area contributed by atoms with Crippen molar-refractivity contribution in [1.29, 1.82) is 0 Å². The molecular formula is C11H18ClN3O. The molecule has 1 aromatic rings.